The Hall–Kier alpha value is -4.69. The zero-order valence-electron chi connectivity index (χ0n) is 27.3. The van der Waals surface area contributed by atoms with Gasteiger partial charge in [-0.2, -0.15) is 18.6 Å². The average molecular weight is 809 g/mol. The van der Waals surface area contributed by atoms with Crippen LogP contribution in [0.1, 0.15) is 49.7 Å². The Morgan fingerprint density at radius 3 is 1.72 bits per heavy atom. The lowest BCUT2D eigenvalue weighted by Gasteiger charge is -2.10. The third kappa shape index (κ3) is 6.39. The SMILES string of the molecule is O=C(NCCCNC(=O)c1nn(-c2ccc(Cl)cc2Cl)c2c1Cc1cc(S(=O)(=O)O)ccc1-2)c1nn(-c2ccc(Cl)cc2Cl)c2c1Cc1ccccc1-2. The van der Waals surface area contributed by atoms with Crippen LogP contribution in [0.25, 0.3) is 33.9 Å². The van der Waals surface area contributed by atoms with E-state index in [1.54, 1.807) is 47.1 Å². The molecule has 0 spiro atoms. The van der Waals surface area contributed by atoms with E-state index in [1.807, 2.05) is 24.3 Å². The Balaban J connectivity index is 0.991. The number of rotatable bonds is 9. The number of hydrogen-bond acceptors (Lipinski definition) is 6. The molecular formula is C37H26Cl4N6O5S. The first-order chi connectivity index (χ1) is 25.4. The van der Waals surface area contributed by atoms with E-state index in [2.05, 4.69) is 15.7 Å². The number of amides is 2. The molecule has 2 aromatic heterocycles. The van der Waals surface area contributed by atoms with Crippen molar-refractivity contribution in [3.63, 3.8) is 0 Å². The van der Waals surface area contributed by atoms with E-state index < -0.39 is 16.0 Å². The molecule has 0 atom stereocenters. The van der Waals surface area contributed by atoms with Crippen molar-refractivity contribution in [2.75, 3.05) is 13.1 Å². The van der Waals surface area contributed by atoms with E-state index in [0.717, 1.165) is 22.4 Å². The van der Waals surface area contributed by atoms with Crippen molar-refractivity contribution >= 4 is 68.3 Å². The minimum Gasteiger partial charge on any atom is -0.351 e. The van der Waals surface area contributed by atoms with Crippen LogP contribution in [0.5, 0.6) is 0 Å². The second kappa shape index (κ2) is 13.6. The van der Waals surface area contributed by atoms with Gasteiger partial charge in [0.05, 0.1) is 37.7 Å². The topological polar surface area (TPSA) is 148 Å². The molecule has 2 aliphatic rings. The molecule has 3 N–H and O–H groups in total. The lowest BCUT2D eigenvalue weighted by molar-refractivity contribution is 0.0945. The predicted molar refractivity (Wildman–Crippen MR) is 203 cm³/mol. The van der Waals surface area contributed by atoms with Crippen LogP contribution >= 0.6 is 46.4 Å². The number of aromatic nitrogens is 4. The summed E-state index contributed by atoms with van der Waals surface area (Å²) in [5, 5.41) is 16.7. The molecule has 0 aliphatic heterocycles. The molecule has 2 heterocycles. The summed E-state index contributed by atoms with van der Waals surface area (Å²) in [4.78, 5) is 26.9. The molecule has 0 fully saturated rings. The van der Waals surface area contributed by atoms with Crippen LogP contribution in [0, 0.1) is 0 Å². The molecule has 0 saturated heterocycles. The van der Waals surface area contributed by atoms with Gasteiger partial charge in [0.15, 0.2) is 11.4 Å². The quantitative estimate of drug-likeness (QED) is 0.100. The van der Waals surface area contributed by atoms with Crippen molar-refractivity contribution in [2.24, 2.45) is 0 Å². The summed E-state index contributed by atoms with van der Waals surface area (Å²) in [6, 6.07) is 22.1. The summed E-state index contributed by atoms with van der Waals surface area (Å²) in [5.74, 6) is -0.823. The fourth-order valence-corrected chi connectivity index (χ4v) is 8.37. The fraction of sp³-hybridized carbons (Fsp3) is 0.135. The Kier molecular flexibility index (Phi) is 9.08. The number of carbonyl (C=O) groups excluding carboxylic acids is 2. The highest BCUT2D eigenvalue weighted by atomic mass is 35.5. The second-order valence-corrected chi connectivity index (χ2v) is 15.6. The maximum atomic E-state index is 13.6. The van der Waals surface area contributed by atoms with E-state index in [4.69, 9.17) is 51.5 Å². The summed E-state index contributed by atoms with van der Waals surface area (Å²) in [7, 11) is -4.45. The Labute approximate surface area is 323 Å². The molecule has 11 nitrogen and oxygen atoms in total. The van der Waals surface area contributed by atoms with Gasteiger partial charge in [0.25, 0.3) is 21.9 Å². The van der Waals surface area contributed by atoms with Gasteiger partial charge in [0.1, 0.15) is 0 Å². The van der Waals surface area contributed by atoms with Crippen molar-refractivity contribution < 1.29 is 22.6 Å². The first-order valence-electron chi connectivity index (χ1n) is 16.3. The molecular weight excluding hydrogens is 782 g/mol. The van der Waals surface area contributed by atoms with Gasteiger partial charge in [0, 0.05) is 58.2 Å². The van der Waals surface area contributed by atoms with Gasteiger partial charge in [-0.15, -0.1) is 0 Å². The normalized spacial score (nSPS) is 12.6. The maximum absolute atomic E-state index is 13.6. The smallest absolute Gasteiger partial charge is 0.294 e. The second-order valence-electron chi connectivity index (χ2n) is 12.5. The molecule has 268 valence electrons. The van der Waals surface area contributed by atoms with Crippen LogP contribution in [0.4, 0.5) is 0 Å². The molecule has 6 aromatic rings. The molecule has 2 aliphatic carbocycles. The van der Waals surface area contributed by atoms with E-state index in [9.17, 15) is 22.6 Å². The molecule has 2 amide bonds. The van der Waals surface area contributed by atoms with Crippen molar-refractivity contribution in [2.45, 2.75) is 24.2 Å². The van der Waals surface area contributed by atoms with Gasteiger partial charge < -0.3 is 10.6 Å². The summed E-state index contributed by atoms with van der Waals surface area (Å²) in [5.41, 5.74) is 7.47. The highest BCUT2D eigenvalue weighted by Gasteiger charge is 2.33. The standard InChI is InChI=1S/C37H26Cl4N6O5S/c38-21-6-10-30(28(40)17-21)46-34-24-5-2-1-4-19(24)15-26(34)32(44-46)36(48)42-12-3-13-43-37(49)33-27-16-20-14-23(53(50,51)52)8-9-25(20)35(27)47(45-33)31-11-7-22(39)18-29(31)41/h1-2,4-11,14,17-18H,3,12-13,15-16H2,(H,42,48)(H,43,49)(H,50,51,52). The first-order valence-corrected chi connectivity index (χ1v) is 19.2. The van der Waals surface area contributed by atoms with Crippen molar-refractivity contribution in [1.82, 2.24) is 30.2 Å². The zero-order valence-corrected chi connectivity index (χ0v) is 31.2. The lowest BCUT2D eigenvalue weighted by Crippen LogP contribution is -2.31. The third-order valence-corrected chi connectivity index (χ3v) is 11.2. The van der Waals surface area contributed by atoms with Crippen molar-refractivity contribution in [3.8, 4) is 33.9 Å². The minimum absolute atomic E-state index is 0.126. The third-order valence-electron chi connectivity index (χ3n) is 9.23. The van der Waals surface area contributed by atoms with E-state index in [1.165, 1.54) is 16.8 Å². The van der Waals surface area contributed by atoms with Crippen LogP contribution in [-0.4, -0.2) is 57.4 Å². The Morgan fingerprint density at radius 1 is 0.679 bits per heavy atom. The van der Waals surface area contributed by atoms with Crippen LogP contribution in [0.3, 0.4) is 0 Å². The number of benzene rings is 4. The van der Waals surface area contributed by atoms with Gasteiger partial charge in [-0.3, -0.25) is 14.1 Å². The minimum atomic E-state index is -4.45. The molecule has 0 unspecified atom stereocenters. The van der Waals surface area contributed by atoms with Gasteiger partial charge in [0.2, 0.25) is 0 Å². The van der Waals surface area contributed by atoms with E-state index in [-0.39, 0.29) is 41.7 Å². The van der Waals surface area contributed by atoms with E-state index in [0.29, 0.717) is 66.7 Å². The van der Waals surface area contributed by atoms with Crippen molar-refractivity contribution in [3.05, 3.63) is 133 Å². The molecule has 16 heteroatoms. The summed E-state index contributed by atoms with van der Waals surface area (Å²) >= 11 is 25.4. The first kappa shape index (κ1) is 35.3. The van der Waals surface area contributed by atoms with Crippen LogP contribution in [0.2, 0.25) is 20.1 Å². The maximum Gasteiger partial charge on any atom is 0.294 e. The number of hydrogen-bond donors (Lipinski definition) is 3. The largest absolute Gasteiger partial charge is 0.351 e. The lowest BCUT2D eigenvalue weighted by atomic mass is 10.1. The Bertz CT molecular complexity index is 2640. The molecule has 0 bridgehead atoms. The monoisotopic (exact) mass is 806 g/mol. The van der Waals surface area contributed by atoms with Gasteiger partial charge in [-0.05, 0) is 66.1 Å². The number of halogens is 4. The van der Waals surface area contributed by atoms with Gasteiger partial charge in [-0.25, -0.2) is 9.36 Å². The van der Waals surface area contributed by atoms with Crippen molar-refractivity contribution in [1.29, 1.82) is 0 Å². The number of nitrogens with zero attached hydrogens (tertiary/aromatic N) is 4. The van der Waals surface area contributed by atoms with Crippen LogP contribution in [-0.2, 0) is 23.0 Å². The molecule has 0 radical (unpaired) electrons. The number of carbonyl (C=O) groups is 2. The van der Waals surface area contributed by atoms with Gasteiger partial charge in [-0.1, -0.05) is 76.7 Å². The van der Waals surface area contributed by atoms with Gasteiger partial charge >= 0.3 is 0 Å². The van der Waals surface area contributed by atoms with Crippen LogP contribution in [0.15, 0.2) is 83.8 Å². The Morgan fingerprint density at radius 2 is 1.19 bits per heavy atom. The zero-order chi connectivity index (χ0) is 37.2. The highest BCUT2D eigenvalue weighted by molar-refractivity contribution is 7.85. The number of fused-ring (bicyclic) bond motifs is 6. The highest BCUT2D eigenvalue weighted by Crippen LogP contribution is 2.43. The number of nitrogens with one attached hydrogen (secondary N) is 2. The van der Waals surface area contributed by atoms with E-state index >= 15 is 0 Å². The molecule has 4 aromatic carbocycles. The summed E-state index contributed by atoms with van der Waals surface area (Å²) in [6.07, 6.45) is 1.13. The average Bonchev–Trinajstić information content (AvgIpc) is 3.86. The molecule has 53 heavy (non-hydrogen) atoms. The fourth-order valence-electron chi connectivity index (χ4n) is 6.86. The van der Waals surface area contributed by atoms with Crippen LogP contribution < -0.4 is 10.6 Å². The summed E-state index contributed by atoms with van der Waals surface area (Å²) < 4.78 is 36.6. The predicted octanol–water partition coefficient (Wildman–Crippen LogP) is 7.61. The molecule has 0 saturated carbocycles. The summed E-state index contributed by atoms with van der Waals surface area (Å²) in [6.45, 7) is 0.451. The molecule has 8 rings (SSSR count).